The number of ether oxygens (including phenoxy) is 1. The Morgan fingerprint density at radius 2 is 1.54 bits per heavy atom. The molecule has 9 heteroatoms. The molecule has 2 rings (SSSR count). The van der Waals surface area contributed by atoms with Gasteiger partial charge >= 0.3 is 6.18 Å². The van der Waals surface area contributed by atoms with E-state index in [1.807, 2.05) is 0 Å². The molecule has 0 spiro atoms. The number of amides is 2. The number of anilines is 2. The van der Waals surface area contributed by atoms with Crippen LogP contribution in [0.4, 0.5) is 24.5 Å². The van der Waals surface area contributed by atoms with Crippen LogP contribution in [-0.2, 0) is 15.8 Å². The number of quaternary nitrogens is 1. The van der Waals surface area contributed by atoms with Crippen molar-refractivity contribution in [1.82, 2.24) is 0 Å². The summed E-state index contributed by atoms with van der Waals surface area (Å²) in [5, 5.41) is 5.11. The number of carbonyl (C=O) groups is 2. The summed E-state index contributed by atoms with van der Waals surface area (Å²) in [6.07, 6.45) is -4.48. The third-order valence-electron chi connectivity index (χ3n) is 3.77. The van der Waals surface area contributed by atoms with Crippen LogP contribution in [-0.4, -0.2) is 39.1 Å². The van der Waals surface area contributed by atoms with Crippen molar-refractivity contribution in [3.8, 4) is 5.75 Å². The maximum Gasteiger partial charge on any atom is 0.416 e. The molecule has 0 aliphatic heterocycles. The van der Waals surface area contributed by atoms with Crippen LogP contribution in [0, 0.1) is 0 Å². The summed E-state index contributed by atoms with van der Waals surface area (Å²) in [7, 11) is 3.18. The zero-order valence-corrected chi connectivity index (χ0v) is 15.4. The predicted molar refractivity (Wildman–Crippen MR) is 98.3 cm³/mol. The van der Waals surface area contributed by atoms with Crippen molar-refractivity contribution in [2.45, 2.75) is 6.18 Å². The van der Waals surface area contributed by atoms with E-state index in [4.69, 9.17) is 4.74 Å². The van der Waals surface area contributed by atoms with Crippen LogP contribution in [0.1, 0.15) is 5.56 Å². The second-order valence-corrected chi connectivity index (χ2v) is 6.21. The fourth-order valence-electron chi connectivity index (χ4n) is 2.47. The number of alkyl halides is 3. The Labute approximate surface area is 160 Å². The van der Waals surface area contributed by atoms with Crippen LogP contribution in [0.3, 0.4) is 0 Å². The highest BCUT2D eigenvalue weighted by Gasteiger charge is 2.30. The Bertz CT molecular complexity index is 823. The molecule has 28 heavy (non-hydrogen) atoms. The first-order valence-electron chi connectivity index (χ1n) is 8.39. The Morgan fingerprint density at radius 3 is 2.07 bits per heavy atom. The molecule has 0 radical (unpaired) electrons. The van der Waals surface area contributed by atoms with Crippen molar-refractivity contribution in [1.29, 1.82) is 0 Å². The van der Waals surface area contributed by atoms with E-state index in [2.05, 4.69) is 10.6 Å². The number of carbonyl (C=O) groups excluding carboxylic acids is 2. The standard InChI is InChI=1S/C19H20F3N3O3/c1-25(11-17(26)23-14-6-8-16(28-2)9-7-14)12-18(27)24-15-5-3-4-13(10-15)19(20,21)22/h3-10H,11-12H2,1-2H3,(H,23,26)(H,24,27)/p+1. The minimum Gasteiger partial charge on any atom is -0.497 e. The Kier molecular flexibility index (Phi) is 7.00. The second kappa shape index (κ2) is 9.23. The molecule has 150 valence electrons. The fraction of sp³-hybridized carbons (Fsp3) is 0.263. The lowest BCUT2D eigenvalue weighted by Crippen LogP contribution is -3.11. The van der Waals surface area contributed by atoms with Gasteiger partial charge in [-0.25, -0.2) is 0 Å². The average Bonchev–Trinajstić information content (AvgIpc) is 2.61. The number of methoxy groups -OCH3 is 1. The summed E-state index contributed by atoms with van der Waals surface area (Å²) in [4.78, 5) is 24.7. The van der Waals surface area contributed by atoms with E-state index in [0.29, 0.717) is 16.3 Å². The van der Waals surface area contributed by atoms with E-state index < -0.39 is 17.6 Å². The number of nitrogens with one attached hydrogen (secondary N) is 3. The molecule has 2 aromatic rings. The molecule has 1 unspecified atom stereocenters. The average molecular weight is 396 g/mol. The first kappa shape index (κ1) is 21.2. The highest BCUT2D eigenvalue weighted by atomic mass is 19.4. The van der Waals surface area contributed by atoms with E-state index in [1.54, 1.807) is 31.3 Å². The number of benzene rings is 2. The molecule has 0 saturated heterocycles. The SMILES string of the molecule is COc1ccc(NC(=O)C[NH+](C)CC(=O)Nc2cccc(C(F)(F)F)c2)cc1. The van der Waals surface area contributed by atoms with Crippen molar-refractivity contribution >= 4 is 23.2 Å². The van der Waals surface area contributed by atoms with Crippen molar-refractivity contribution in [3.63, 3.8) is 0 Å². The predicted octanol–water partition coefficient (Wildman–Crippen LogP) is 1.81. The van der Waals surface area contributed by atoms with E-state index in [-0.39, 0.29) is 24.7 Å². The maximum absolute atomic E-state index is 12.7. The quantitative estimate of drug-likeness (QED) is 0.669. The Balaban J connectivity index is 1.84. The zero-order valence-electron chi connectivity index (χ0n) is 15.4. The molecule has 6 nitrogen and oxygen atoms in total. The summed E-state index contributed by atoms with van der Waals surface area (Å²) < 4.78 is 43.2. The molecule has 0 bridgehead atoms. The summed E-state index contributed by atoms with van der Waals surface area (Å²) >= 11 is 0. The molecule has 0 aliphatic carbocycles. The molecule has 0 fully saturated rings. The van der Waals surface area contributed by atoms with Crippen LogP contribution in [0.2, 0.25) is 0 Å². The van der Waals surface area contributed by atoms with Gasteiger partial charge in [0, 0.05) is 11.4 Å². The van der Waals surface area contributed by atoms with Gasteiger partial charge in [-0.2, -0.15) is 13.2 Å². The van der Waals surface area contributed by atoms with Crippen molar-refractivity contribution in [2.75, 3.05) is 37.9 Å². The number of hydrogen-bond donors (Lipinski definition) is 3. The summed E-state index contributed by atoms with van der Waals surface area (Å²) in [6, 6.07) is 11.2. The molecular formula is C19H21F3N3O3+. The minimum absolute atomic E-state index is 0.0159. The summed E-state index contributed by atoms with van der Waals surface area (Å²) in [5.74, 6) is -0.129. The molecule has 2 aromatic carbocycles. The smallest absolute Gasteiger partial charge is 0.416 e. The first-order chi connectivity index (χ1) is 13.2. The molecule has 0 heterocycles. The molecule has 3 N–H and O–H groups in total. The first-order valence-corrected chi connectivity index (χ1v) is 8.39. The van der Waals surface area contributed by atoms with E-state index in [9.17, 15) is 22.8 Å². The van der Waals surface area contributed by atoms with Crippen LogP contribution >= 0.6 is 0 Å². The Hall–Kier alpha value is -3.07. The lowest BCUT2D eigenvalue weighted by atomic mass is 10.2. The van der Waals surface area contributed by atoms with Gasteiger partial charge in [0.25, 0.3) is 11.8 Å². The van der Waals surface area contributed by atoms with E-state index in [0.717, 1.165) is 12.1 Å². The van der Waals surface area contributed by atoms with Crippen molar-refractivity contribution in [2.24, 2.45) is 0 Å². The molecule has 0 aliphatic rings. The van der Waals surface area contributed by atoms with Gasteiger partial charge < -0.3 is 20.3 Å². The number of rotatable bonds is 7. The summed E-state index contributed by atoms with van der Waals surface area (Å²) in [5.41, 5.74) is -0.202. The molecule has 2 amide bonds. The highest BCUT2D eigenvalue weighted by Crippen LogP contribution is 2.30. The van der Waals surface area contributed by atoms with Gasteiger partial charge in [0.05, 0.1) is 19.7 Å². The monoisotopic (exact) mass is 396 g/mol. The third-order valence-corrected chi connectivity index (χ3v) is 3.77. The molecule has 0 aromatic heterocycles. The molecule has 1 atom stereocenters. The summed E-state index contributed by atoms with van der Waals surface area (Å²) in [6.45, 7) is -0.0612. The Morgan fingerprint density at radius 1 is 0.964 bits per heavy atom. The van der Waals surface area contributed by atoms with Gasteiger partial charge in [0.15, 0.2) is 13.1 Å². The van der Waals surface area contributed by atoms with E-state index in [1.165, 1.54) is 19.2 Å². The van der Waals surface area contributed by atoms with Crippen LogP contribution in [0.5, 0.6) is 5.75 Å². The van der Waals surface area contributed by atoms with Gasteiger partial charge in [-0.15, -0.1) is 0 Å². The zero-order chi connectivity index (χ0) is 20.7. The molecular weight excluding hydrogens is 375 g/mol. The van der Waals surface area contributed by atoms with Gasteiger partial charge in [-0.05, 0) is 42.5 Å². The fourth-order valence-corrected chi connectivity index (χ4v) is 2.47. The number of hydrogen-bond acceptors (Lipinski definition) is 3. The van der Waals surface area contributed by atoms with Gasteiger partial charge in [0.1, 0.15) is 5.75 Å². The molecule has 0 saturated carbocycles. The van der Waals surface area contributed by atoms with Gasteiger partial charge in [-0.1, -0.05) is 6.07 Å². The lowest BCUT2D eigenvalue weighted by Gasteiger charge is -2.14. The van der Waals surface area contributed by atoms with E-state index >= 15 is 0 Å². The largest absolute Gasteiger partial charge is 0.497 e. The maximum atomic E-state index is 12.7. The third kappa shape index (κ3) is 6.58. The topological polar surface area (TPSA) is 71.9 Å². The normalized spacial score (nSPS) is 12.2. The number of likely N-dealkylation sites (N-methyl/N-ethyl adjacent to an activating group) is 1. The van der Waals surface area contributed by atoms with Gasteiger partial charge in [0.2, 0.25) is 0 Å². The minimum atomic E-state index is -4.48. The van der Waals surface area contributed by atoms with Crippen molar-refractivity contribution < 1.29 is 32.4 Å². The number of halogens is 3. The van der Waals surface area contributed by atoms with Gasteiger partial charge in [-0.3, -0.25) is 9.59 Å². The second-order valence-electron chi connectivity index (χ2n) is 6.21. The highest BCUT2D eigenvalue weighted by molar-refractivity contribution is 5.93. The van der Waals surface area contributed by atoms with Crippen molar-refractivity contribution in [3.05, 3.63) is 54.1 Å². The van der Waals surface area contributed by atoms with Crippen LogP contribution in [0.15, 0.2) is 48.5 Å². The lowest BCUT2D eigenvalue weighted by molar-refractivity contribution is -0.862. The van der Waals surface area contributed by atoms with Crippen LogP contribution < -0.4 is 20.3 Å². The van der Waals surface area contributed by atoms with Crippen LogP contribution in [0.25, 0.3) is 0 Å².